The monoisotopic (exact) mass is 566 g/mol. The Bertz CT molecular complexity index is 1450. The van der Waals surface area contributed by atoms with Crippen molar-refractivity contribution in [3.8, 4) is 17.2 Å². The smallest absolute Gasteiger partial charge is 0.312 e. The summed E-state index contributed by atoms with van der Waals surface area (Å²) in [5, 5.41) is 15.1. The highest BCUT2D eigenvalue weighted by Gasteiger charge is 2.19. The highest BCUT2D eigenvalue weighted by Crippen LogP contribution is 2.33. The summed E-state index contributed by atoms with van der Waals surface area (Å²) in [7, 11) is 1.32. The van der Waals surface area contributed by atoms with Crippen LogP contribution in [-0.4, -0.2) is 28.7 Å². The van der Waals surface area contributed by atoms with Crippen LogP contribution in [0.3, 0.4) is 0 Å². The molecular weight excluding hydrogens is 544 g/mol. The lowest BCUT2D eigenvalue weighted by atomic mass is 10.2. The molecule has 0 aliphatic carbocycles. The molecule has 1 N–H and O–H groups in total. The molecule has 10 nitrogen and oxygen atoms in total. The number of carbonyl (C=O) groups is 1. The van der Waals surface area contributed by atoms with E-state index < -0.39 is 10.8 Å². The number of ether oxygens (including phenoxy) is 2. The van der Waals surface area contributed by atoms with Gasteiger partial charge in [0.15, 0.2) is 5.76 Å². The molecule has 0 aliphatic heterocycles. The highest BCUT2D eigenvalue weighted by molar-refractivity contribution is 9.10. The molecule has 0 fully saturated rings. The van der Waals surface area contributed by atoms with Crippen LogP contribution < -0.4 is 14.9 Å². The van der Waals surface area contributed by atoms with Gasteiger partial charge in [-0.1, -0.05) is 15.9 Å². The van der Waals surface area contributed by atoms with Crippen molar-refractivity contribution >= 4 is 33.7 Å². The first-order valence-corrected chi connectivity index (χ1v) is 11.9. The molecule has 0 bridgehead atoms. The van der Waals surface area contributed by atoms with Crippen LogP contribution in [0.15, 0.2) is 74.7 Å². The van der Waals surface area contributed by atoms with Gasteiger partial charge in [0, 0.05) is 33.2 Å². The molecule has 2 heterocycles. The van der Waals surface area contributed by atoms with E-state index in [0.29, 0.717) is 21.5 Å². The van der Waals surface area contributed by atoms with Gasteiger partial charge in [-0.05, 0) is 68.4 Å². The molecule has 190 valence electrons. The minimum atomic E-state index is -0.590. The van der Waals surface area contributed by atoms with Crippen molar-refractivity contribution in [2.75, 3.05) is 7.11 Å². The number of hydrogen-bond acceptors (Lipinski definition) is 7. The van der Waals surface area contributed by atoms with Gasteiger partial charge in [0.1, 0.15) is 18.1 Å². The van der Waals surface area contributed by atoms with Gasteiger partial charge in [-0.15, -0.1) is 0 Å². The quantitative estimate of drug-likeness (QED) is 0.157. The maximum atomic E-state index is 12.4. The predicted octanol–water partition coefficient (Wildman–Crippen LogP) is 5.71. The average Bonchev–Trinajstić information content (AvgIpc) is 3.49. The van der Waals surface area contributed by atoms with Crippen molar-refractivity contribution < 1.29 is 23.6 Å². The second-order valence-electron chi connectivity index (χ2n) is 8.00. The van der Waals surface area contributed by atoms with E-state index >= 15 is 0 Å². The first-order chi connectivity index (χ1) is 17.8. The molecule has 0 unspecified atom stereocenters. The Morgan fingerprint density at radius 2 is 1.84 bits per heavy atom. The molecule has 0 saturated carbocycles. The third kappa shape index (κ3) is 5.89. The van der Waals surface area contributed by atoms with Gasteiger partial charge in [-0.25, -0.2) is 5.43 Å². The number of nitrogens with one attached hydrogen (secondary N) is 1. The summed E-state index contributed by atoms with van der Waals surface area (Å²) in [6, 6.07) is 17.9. The fraction of sp³-hybridized carbons (Fsp3) is 0.154. The van der Waals surface area contributed by atoms with Gasteiger partial charge in [-0.2, -0.15) is 5.10 Å². The van der Waals surface area contributed by atoms with Crippen molar-refractivity contribution in [1.29, 1.82) is 0 Å². The number of rotatable bonds is 9. The summed E-state index contributed by atoms with van der Waals surface area (Å²) in [5.41, 5.74) is 5.75. The number of nitro benzene ring substituents is 1. The molecule has 0 spiro atoms. The van der Waals surface area contributed by atoms with Crippen molar-refractivity contribution in [3.63, 3.8) is 0 Å². The lowest BCUT2D eigenvalue weighted by Crippen LogP contribution is -2.17. The molecule has 37 heavy (non-hydrogen) atoms. The molecule has 0 atom stereocenters. The number of benzene rings is 2. The molecule has 11 heteroatoms. The van der Waals surface area contributed by atoms with Gasteiger partial charge >= 0.3 is 11.6 Å². The molecule has 2 aromatic heterocycles. The number of furan rings is 1. The van der Waals surface area contributed by atoms with Gasteiger partial charge in [0.25, 0.3) is 0 Å². The zero-order valence-electron chi connectivity index (χ0n) is 20.2. The molecule has 0 aliphatic rings. The molecule has 4 rings (SSSR count). The molecule has 0 saturated heterocycles. The first-order valence-electron chi connectivity index (χ1n) is 11.1. The Kier molecular flexibility index (Phi) is 7.73. The molecule has 4 aromatic rings. The van der Waals surface area contributed by atoms with E-state index in [2.05, 4.69) is 57.0 Å². The summed E-state index contributed by atoms with van der Waals surface area (Å²) < 4.78 is 19.1. The predicted molar refractivity (Wildman–Crippen MR) is 141 cm³/mol. The number of aryl methyl sites for hydroxylation is 2. The van der Waals surface area contributed by atoms with Gasteiger partial charge in [0.05, 0.1) is 18.2 Å². The van der Waals surface area contributed by atoms with E-state index in [-0.39, 0.29) is 23.8 Å². The summed E-state index contributed by atoms with van der Waals surface area (Å²) in [6.07, 6.45) is 1.25. The number of halogens is 1. The molecular formula is C26H23BrN4O6. The zero-order valence-corrected chi connectivity index (χ0v) is 21.8. The topological polar surface area (TPSA) is 121 Å². The highest BCUT2D eigenvalue weighted by atomic mass is 79.9. The third-order valence-electron chi connectivity index (χ3n) is 5.47. The van der Waals surface area contributed by atoms with Crippen LogP contribution in [0.5, 0.6) is 11.5 Å². The molecule has 2 aromatic carbocycles. The van der Waals surface area contributed by atoms with E-state index in [1.165, 1.54) is 25.5 Å². The fourth-order valence-electron chi connectivity index (χ4n) is 3.77. The fourth-order valence-corrected chi connectivity index (χ4v) is 4.23. The Morgan fingerprint density at radius 1 is 1.14 bits per heavy atom. The van der Waals surface area contributed by atoms with E-state index in [1.807, 2.05) is 24.3 Å². The van der Waals surface area contributed by atoms with Gasteiger partial charge in [-0.3, -0.25) is 14.9 Å². The number of hydrogen-bond donors (Lipinski definition) is 1. The summed E-state index contributed by atoms with van der Waals surface area (Å²) in [5.74, 6) is 0.592. The van der Waals surface area contributed by atoms with Gasteiger partial charge in [0.2, 0.25) is 5.75 Å². The number of hydrazone groups is 1. The maximum Gasteiger partial charge on any atom is 0.312 e. The van der Waals surface area contributed by atoms with Crippen LogP contribution >= 0.6 is 15.9 Å². The zero-order chi connectivity index (χ0) is 26.5. The largest absolute Gasteiger partial charge is 0.490 e. The Hall–Kier alpha value is -4.38. The number of methoxy groups -OCH3 is 1. The second kappa shape index (κ2) is 11.1. The van der Waals surface area contributed by atoms with Crippen LogP contribution in [-0.2, 0) is 6.61 Å². The van der Waals surface area contributed by atoms with Crippen molar-refractivity contribution in [2.24, 2.45) is 5.10 Å². The van der Waals surface area contributed by atoms with Crippen molar-refractivity contribution in [2.45, 2.75) is 20.5 Å². The van der Waals surface area contributed by atoms with E-state index in [1.54, 1.807) is 12.1 Å². The summed E-state index contributed by atoms with van der Waals surface area (Å²) in [4.78, 5) is 23.1. The first kappa shape index (κ1) is 25.7. The Labute approximate surface area is 220 Å². The van der Waals surface area contributed by atoms with E-state index in [0.717, 1.165) is 17.1 Å². The molecule has 0 radical (unpaired) electrons. The number of nitro groups is 1. The Balaban J connectivity index is 1.36. The van der Waals surface area contributed by atoms with Crippen LogP contribution in [0.2, 0.25) is 0 Å². The second-order valence-corrected chi connectivity index (χ2v) is 8.92. The maximum absolute atomic E-state index is 12.4. The number of amides is 1. The lowest BCUT2D eigenvalue weighted by molar-refractivity contribution is -0.385. The average molecular weight is 567 g/mol. The molecule has 1 amide bonds. The van der Waals surface area contributed by atoms with E-state index in [4.69, 9.17) is 13.9 Å². The van der Waals surface area contributed by atoms with Crippen LogP contribution in [0.1, 0.15) is 33.3 Å². The number of aromatic nitrogens is 1. The minimum absolute atomic E-state index is 0.0234. The standard InChI is InChI=1S/C26H23BrN4O6/c1-16-4-5-17(2)30(16)20-6-8-21(9-7-20)36-15-22-10-11-24(37-22)26(32)29-28-14-18-12-19(27)13-23(31(33)34)25(18)35-3/h4-14H,15H2,1-3H3,(H,29,32)/b28-14+. The van der Waals surface area contributed by atoms with Crippen LogP contribution in [0.25, 0.3) is 5.69 Å². The Morgan fingerprint density at radius 3 is 2.49 bits per heavy atom. The number of carbonyl (C=O) groups excluding carboxylic acids is 1. The number of nitrogens with zero attached hydrogens (tertiary/aromatic N) is 3. The SMILES string of the molecule is COc1c(/C=N/NC(=O)c2ccc(COc3ccc(-n4c(C)ccc4C)cc3)o2)cc(Br)cc1[N+](=O)[O-]. The van der Waals surface area contributed by atoms with Crippen molar-refractivity contribution in [3.05, 3.63) is 104 Å². The van der Waals surface area contributed by atoms with Gasteiger partial charge < -0.3 is 18.5 Å². The van der Waals surface area contributed by atoms with E-state index in [9.17, 15) is 14.9 Å². The third-order valence-corrected chi connectivity index (χ3v) is 5.92. The van der Waals surface area contributed by atoms with Crippen LogP contribution in [0, 0.1) is 24.0 Å². The summed E-state index contributed by atoms with van der Waals surface area (Å²) in [6.45, 7) is 4.24. The lowest BCUT2D eigenvalue weighted by Gasteiger charge is -2.10. The summed E-state index contributed by atoms with van der Waals surface area (Å²) >= 11 is 3.22. The normalized spacial score (nSPS) is 11.0. The minimum Gasteiger partial charge on any atom is -0.490 e. The van der Waals surface area contributed by atoms with Crippen LogP contribution in [0.4, 0.5) is 5.69 Å². The van der Waals surface area contributed by atoms with Crippen molar-refractivity contribution in [1.82, 2.24) is 9.99 Å².